The van der Waals surface area contributed by atoms with E-state index in [-0.39, 0.29) is 29.8 Å². The third-order valence-corrected chi connectivity index (χ3v) is 2.76. The van der Waals surface area contributed by atoms with Crippen LogP contribution in [0.25, 0.3) is 0 Å². The fourth-order valence-electron chi connectivity index (χ4n) is 1.54. The van der Waals surface area contributed by atoms with Gasteiger partial charge < -0.3 is 20.5 Å². The molecule has 0 radical (unpaired) electrons. The molecule has 0 atom stereocenters. The van der Waals surface area contributed by atoms with Gasteiger partial charge in [-0.2, -0.15) is 0 Å². The van der Waals surface area contributed by atoms with Crippen LogP contribution < -0.4 is 15.8 Å². The molecular weight excluding hydrogens is 248 g/mol. The summed E-state index contributed by atoms with van der Waals surface area (Å²) in [5.74, 6) is -0.428. The zero-order valence-corrected chi connectivity index (χ0v) is 10.6. The Kier molecular flexibility index (Phi) is 3.89. The molecule has 19 heavy (non-hydrogen) atoms. The molecule has 2 rings (SSSR count). The largest absolute Gasteiger partial charge is 0.497 e. The number of nitrogens with two attached hydrogens (primary N) is 1. The summed E-state index contributed by atoms with van der Waals surface area (Å²) >= 11 is 0. The van der Waals surface area contributed by atoms with E-state index in [1.54, 1.807) is 12.1 Å². The van der Waals surface area contributed by atoms with Crippen LogP contribution in [0.15, 0.2) is 18.2 Å². The number of hydrogen-bond donors (Lipinski definition) is 2. The molecule has 0 aromatic heterocycles. The first-order valence-electron chi connectivity index (χ1n) is 6.00. The molecular formula is C13H16N2O4. The average Bonchev–Trinajstić information content (AvgIpc) is 3.20. The minimum Gasteiger partial charge on any atom is -0.497 e. The minimum absolute atomic E-state index is 0.193. The van der Waals surface area contributed by atoms with Crippen LogP contribution in [0.4, 0.5) is 5.69 Å². The Balaban J connectivity index is 1.92. The lowest BCUT2D eigenvalue weighted by Gasteiger charge is -2.08. The maximum Gasteiger partial charge on any atom is 0.340 e. The fraction of sp³-hybridized carbons (Fsp3) is 0.385. The van der Waals surface area contributed by atoms with Crippen LogP contribution in [0.5, 0.6) is 5.75 Å². The summed E-state index contributed by atoms with van der Waals surface area (Å²) in [6.07, 6.45) is 1.98. The standard InChI is InChI=1S/C13H16N2O4/c1-18-9-4-5-11(14)10(6-9)13(17)19-7-12(16)15-8-2-3-8/h4-6,8H,2-3,7,14H2,1H3,(H,15,16). The second-order valence-electron chi connectivity index (χ2n) is 4.37. The molecule has 3 N–H and O–H groups in total. The Morgan fingerprint density at radius 3 is 2.79 bits per heavy atom. The fourth-order valence-corrected chi connectivity index (χ4v) is 1.54. The van der Waals surface area contributed by atoms with Crippen molar-refractivity contribution in [1.82, 2.24) is 5.32 Å². The van der Waals surface area contributed by atoms with Crippen molar-refractivity contribution in [3.63, 3.8) is 0 Å². The maximum absolute atomic E-state index is 11.8. The van der Waals surface area contributed by atoms with Crippen LogP contribution in [0.1, 0.15) is 23.2 Å². The summed E-state index contributed by atoms with van der Waals surface area (Å²) < 4.78 is 9.92. The molecule has 1 aliphatic carbocycles. The Morgan fingerprint density at radius 2 is 2.16 bits per heavy atom. The number of benzene rings is 1. The van der Waals surface area contributed by atoms with E-state index < -0.39 is 5.97 Å². The van der Waals surface area contributed by atoms with Crippen LogP contribution in [0.2, 0.25) is 0 Å². The molecule has 0 heterocycles. The van der Waals surface area contributed by atoms with Crippen LogP contribution in [-0.4, -0.2) is 31.6 Å². The zero-order valence-electron chi connectivity index (χ0n) is 10.6. The highest BCUT2D eigenvalue weighted by atomic mass is 16.5. The van der Waals surface area contributed by atoms with E-state index in [1.165, 1.54) is 13.2 Å². The van der Waals surface area contributed by atoms with E-state index >= 15 is 0 Å². The molecule has 0 unspecified atom stereocenters. The van der Waals surface area contributed by atoms with Gasteiger partial charge in [-0.25, -0.2) is 4.79 Å². The summed E-state index contributed by atoms with van der Waals surface area (Å²) in [5, 5.41) is 2.73. The minimum atomic E-state index is -0.637. The van der Waals surface area contributed by atoms with Crippen molar-refractivity contribution in [3.8, 4) is 5.75 Å². The van der Waals surface area contributed by atoms with Gasteiger partial charge in [0.2, 0.25) is 0 Å². The van der Waals surface area contributed by atoms with Gasteiger partial charge in [0.15, 0.2) is 6.61 Å². The van der Waals surface area contributed by atoms with Crippen molar-refractivity contribution in [2.75, 3.05) is 19.5 Å². The third kappa shape index (κ3) is 3.61. The molecule has 1 fully saturated rings. The Labute approximate surface area is 110 Å². The van der Waals surface area contributed by atoms with Gasteiger partial charge in [-0.3, -0.25) is 4.79 Å². The van der Waals surface area contributed by atoms with Crippen molar-refractivity contribution in [2.45, 2.75) is 18.9 Å². The normalized spacial score (nSPS) is 13.7. The quantitative estimate of drug-likeness (QED) is 0.604. The van der Waals surface area contributed by atoms with Gasteiger partial charge in [-0.15, -0.1) is 0 Å². The van der Waals surface area contributed by atoms with Crippen LogP contribution >= 0.6 is 0 Å². The van der Waals surface area contributed by atoms with Crippen LogP contribution in [0.3, 0.4) is 0 Å². The summed E-state index contributed by atoms with van der Waals surface area (Å²) in [4.78, 5) is 23.2. The first-order chi connectivity index (χ1) is 9.10. The second kappa shape index (κ2) is 5.60. The molecule has 1 aromatic carbocycles. The van der Waals surface area contributed by atoms with Gasteiger partial charge in [-0.1, -0.05) is 0 Å². The first kappa shape index (κ1) is 13.2. The van der Waals surface area contributed by atoms with Crippen molar-refractivity contribution < 1.29 is 19.1 Å². The lowest BCUT2D eigenvalue weighted by molar-refractivity contribution is -0.124. The SMILES string of the molecule is COc1ccc(N)c(C(=O)OCC(=O)NC2CC2)c1. The molecule has 102 valence electrons. The van der Waals surface area contributed by atoms with E-state index in [2.05, 4.69) is 5.32 Å². The lowest BCUT2D eigenvalue weighted by Crippen LogP contribution is -2.30. The number of carbonyl (C=O) groups is 2. The Morgan fingerprint density at radius 1 is 1.42 bits per heavy atom. The van der Waals surface area contributed by atoms with Crippen molar-refractivity contribution in [1.29, 1.82) is 0 Å². The summed E-state index contributed by atoms with van der Waals surface area (Å²) in [6, 6.07) is 4.93. The van der Waals surface area contributed by atoms with E-state index in [0.717, 1.165) is 12.8 Å². The van der Waals surface area contributed by atoms with Gasteiger partial charge in [0.25, 0.3) is 5.91 Å². The smallest absolute Gasteiger partial charge is 0.340 e. The molecule has 0 bridgehead atoms. The molecule has 1 aliphatic rings. The number of hydrogen-bond acceptors (Lipinski definition) is 5. The van der Waals surface area contributed by atoms with Gasteiger partial charge in [0, 0.05) is 11.7 Å². The molecule has 0 aliphatic heterocycles. The highest BCUT2D eigenvalue weighted by Gasteiger charge is 2.24. The number of esters is 1. The van der Waals surface area contributed by atoms with Crippen molar-refractivity contribution >= 4 is 17.6 Å². The van der Waals surface area contributed by atoms with Crippen molar-refractivity contribution in [3.05, 3.63) is 23.8 Å². The van der Waals surface area contributed by atoms with Gasteiger partial charge in [-0.05, 0) is 31.0 Å². The maximum atomic E-state index is 11.8. The van der Waals surface area contributed by atoms with Gasteiger partial charge in [0.1, 0.15) is 5.75 Å². The topological polar surface area (TPSA) is 90.7 Å². The number of carbonyl (C=O) groups excluding carboxylic acids is 2. The summed E-state index contributed by atoms with van der Waals surface area (Å²) in [6.45, 7) is -0.300. The molecule has 1 amide bonds. The Hall–Kier alpha value is -2.24. The van der Waals surface area contributed by atoms with Crippen molar-refractivity contribution in [2.24, 2.45) is 0 Å². The number of methoxy groups -OCH3 is 1. The molecule has 1 aromatic rings. The monoisotopic (exact) mass is 264 g/mol. The highest BCUT2D eigenvalue weighted by molar-refractivity contribution is 5.96. The van der Waals surface area contributed by atoms with E-state index in [4.69, 9.17) is 15.2 Å². The predicted octanol–water partition coefficient (Wildman–Crippen LogP) is 0.713. The number of ether oxygens (including phenoxy) is 2. The lowest BCUT2D eigenvalue weighted by atomic mass is 10.2. The van der Waals surface area contributed by atoms with E-state index in [1.807, 2.05) is 0 Å². The van der Waals surface area contributed by atoms with Gasteiger partial charge in [0.05, 0.1) is 12.7 Å². The highest BCUT2D eigenvalue weighted by Crippen LogP contribution is 2.20. The van der Waals surface area contributed by atoms with E-state index in [9.17, 15) is 9.59 Å². The molecule has 1 saturated carbocycles. The Bertz CT molecular complexity index is 497. The second-order valence-corrected chi connectivity index (χ2v) is 4.37. The number of nitrogen functional groups attached to an aromatic ring is 1. The number of anilines is 1. The van der Waals surface area contributed by atoms with Crippen LogP contribution in [-0.2, 0) is 9.53 Å². The van der Waals surface area contributed by atoms with E-state index in [0.29, 0.717) is 5.75 Å². The summed E-state index contributed by atoms with van der Waals surface area (Å²) in [7, 11) is 1.49. The number of rotatable bonds is 5. The molecule has 0 spiro atoms. The zero-order chi connectivity index (χ0) is 13.8. The van der Waals surface area contributed by atoms with Gasteiger partial charge >= 0.3 is 5.97 Å². The molecule has 6 nitrogen and oxygen atoms in total. The average molecular weight is 264 g/mol. The number of amides is 1. The third-order valence-electron chi connectivity index (χ3n) is 2.76. The molecule has 0 saturated heterocycles. The summed E-state index contributed by atoms with van der Waals surface area (Å²) in [5.41, 5.74) is 6.16. The number of nitrogens with one attached hydrogen (secondary N) is 1. The first-order valence-corrected chi connectivity index (χ1v) is 6.00. The molecule has 6 heteroatoms. The van der Waals surface area contributed by atoms with Crippen LogP contribution in [0, 0.1) is 0 Å². The predicted molar refractivity (Wildman–Crippen MR) is 68.9 cm³/mol.